The van der Waals surface area contributed by atoms with Gasteiger partial charge in [-0.25, -0.2) is 4.79 Å². The third-order valence-electron chi connectivity index (χ3n) is 5.34. The number of carbonyl (C=O) groups is 1. The fourth-order valence-corrected chi connectivity index (χ4v) is 4.04. The van der Waals surface area contributed by atoms with Crippen LogP contribution in [-0.2, 0) is 21.5 Å². The lowest BCUT2D eigenvalue weighted by Crippen LogP contribution is -2.34. The Balaban J connectivity index is 0.000000190. The van der Waals surface area contributed by atoms with Crippen molar-refractivity contribution in [1.29, 1.82) is 0 Å². The van der Waals surface area contributed by atoms with Gasteiger partial charge in [-0.15, -0.1) is 0 Å². The Kier molecular flexibility index (Phi) is 7.85. The van der Waals surface area contributed by atoms with Gasteiger partial charge in [-0.05, 0) is 43.5 Å². The number of alkyl halides is 3. The molecule has 2 saturated heterocycles. The van der Waals surface area contributed by atoms with E-state index in [1.807, 2.05) is 35.2 Å². The van der Waals surface area contributed by atoms with Crippen LogP contribution >= 0.6 is 0 Å². The fourth-order valence-electron chi connectivity index (χ4n) is 3.58. The van der Waals surface area contributed by atoms with Crippen molar-refractivity contribution >= 4 is 16.2 Å². The number of nitrogens with zero attached hydrogens (tertiary/aromatic N) is 1. The van der Waals surface area contributed by atoms with Crippen molar-refractivity contribution in [2.24, 2.45) is 5.92 Å². The first-order chi connectivity index (χ1) is 15.5. The van der Waals surface area contributed by atoms with Gasteiger partial charge in [-0.3, -0.25) is 0 Å². The largest absolute Gasteiger partial charge is 0.534 e. The summed E-state index contributed by atoms with van der Waals surface area (Å²) < 4.78 is 66.0. The molecule has 2 heterocycles. The van der Waals surface area contributed by atoms with E-state index in [0.29, 0.717) is 18.6 Å². The molecule has 2 aromatic carbocycles. The van der Waals surface area contributed by atoms with Crippen molar-refractivity contribution in [2.75, 3.05) is 19.6 Å². The standard InChI is InChI=1S/C14H18N2O2.C8H7F3O3S/c17-14(18-10-11-4-2-1-3-5-11)16-8-12-6-7-15-13(12)9-16;1-6-2-4-7(5-3-6)14-15(12,13)8(9,10)11/h1-5,12-13,15H,6-10H2;2-5H,1H3/t12-,13+;/m1./s1. The number of hydrogen-bond acceptors (Lipinski definition) is 6. The molecule has 1 amide bonds. The summed E-state index contributed by atoms with van der Waals surface area (Å²) in [5.41, 5.74) is -3.59. The normalized spacial score (nSPS) is 19.9. The zero-order valence-corrected chi connectivity index (χ0v) is 18.7. The maximum absolute atomic E-state index is 11.9. The van der Waals surface area contributed by atoms with Gasteiger partial charge in [0.05, 0.1) is 0 Å². The maximum Gasteiger partial charge on any atom is 0.534 e. The van der Waals surface area contributed by atoms with Crippen LogP contribution in [-0.4, -0.2) is 50.6 Å². The third kappa shape index (κ3) is 6.84. The van der Waals surface area contributed by atoms with Crippen LogP contribution in [0, 0.1) is 12.8 Å². The summed E-state index contributed by atoms with van der Waals surface area (Å²) >= 11 is 0. The molecule has 2 fully saturated rings. The molecule has 2 aliphatic rings. The van der Waals surface area contributed by atoms with E-state index in [1.165, 1.54) is 18.6 Å². The topological polar surface area (TPSA) is 84.9 Å². The number of rotatable bonds is 4. The number of fused-ring (bicyclic) bond motifs is 1. The van der Waals surface area contributed by atoms with Gasteiger partial charge in [-0.1, -0.05) is 48.0 Å². The van der Waals surface area contributed by atoms with E-state index in [4.69, 9.17) is 4.74 Å². The van der Waals surface area contributed by atoms with Gasteiger partial charge in [0.2, 0.25) is 0 Å². The lowest BCUT2D eigenvalue weighted by atomic mass is 10.1. The molecule has 7 nitrogen and oxygen atoms in total. The average Bonchev–Trinajstić information content (AvgIpc) is 3.36. The summed E-state index contributed by atoms with van der Waals surface area (Å²) in [5.74, 6) is 0.257. The quantitative estimate of drug-likeness (QED) is 0.522. The first-order valence-electron chi connectivity index (χ1n) is 10.3. The number of aryl methyl sites for hydroxylation is 1. The number of ether oxygens (including phenoxy) is 1. The van der Waals surface area contributed by atoms with Crippen LogP contribution < -0.4 is 9.50 Å². The molecule has 180 valence electrons. The van der Waals surface area contributed by atoms with E-state index in [0.717, 1.165) is 42.9 Å². The van der Waals surface area contributed by atoms with Crippen molar-refractivity contribution in [3.63, 3.8) is 0 Å². The van der Waals surface area contributed by atoms with E-state index in [2.05, 4.69) is 9.50 Å². The van der Waals surface area contributed by atoms with Crippen molar-refractivity contribution < 1.29 is 35.3 Å². The summed E-state index contributed by atoms with van der Waals surface area (Å²) in [5, 5.41) is 3.43. The lowest BCUT2D eigenvalue weighted by Gasteiger charge is -2.17. The number of likely N-dealkylation sites (tertiary alicyclic amines) is 1. The zero-order valence-electron chi connectivity index (χ0n) is 17.9. The first kappa shape index (κ1) is 24.8. The molecule has 0 aliphatic carbocycles. The molecule has 4 rings (SSSR count). The van der Waals surface area contributed by atoms with Crippen LogP contribution in [0.4, 0.5) is 18.0 Å². The summed E-state index contributed by atoms with van der Waals surface area (Å²) in [4.78, 5) is 13.7. The lowest BCUT2D eigenvalue weighted by molar-refractivity contribution is -0.0500. The van der Waals surface area contributed by atoms with Crippen molar-refractivity contribution in [1.82, 2.24) is 10.2 Å². The number of hydrogen-bond donors (Lipinski definition) is 1. The van der Waals surface area contributed by atoms with Crippen molar-refractivity contribution in [2.45, 2.75) is 31.5 Å². The number of amides is 1. The minimum Gasteiger partial charge on any atom is -0.445 e. The number of carbonyl (C=O) groups excluding carboxylic acids is 1. The van der Waals surface area contributed by atoms with E-state index < -0.39 is 15.6 Å². The Hall–Kier alpha value is -2.79. The monoisotopic (exact) mass is 486 g/mol. The van der Waals surface area contributed by atoms with Crippen molar-refractivity contribution in [3.8, 4) is 5.75 Å². The molecule has 2 atom stereocenters. The Labute approximate surface area is 190 Å². The molecular weight excluding hydrogens is 461 g/mol. The van der Waals surface area contributed by atoms with Gasteiger partial charge in [0.25, 0.3) is 0 Å². The smallest absolute Gasteiger partial charge is 0.445 e. The van der Waals surface area contributed by atoms with E-state index in [-0.39, 0.29) is 11.8 Å². The highest BCUT2D eigenvalue weighted by Gasteiger charge is 2.48. The Morgan fingerprint density at radius 3 is 2.36 bits per heavy atom. The first-order valence-corrected chi connectivity index (χ1v) is 11.7. The van der Waals surface area contributed by atoms with Crippen LogP contribution in [0.25, 0.3) is 0 Å². The molecular formula is C22H25F3N2O5S. The van der Waals surface area contributed by atoms with Gasteiger partial charge < -0.3 is 19.1 Å². The zero-order chi connectivity index (χ0) is 24.1. The van der Waals surface area contributed by atoms with Gasteiger partial charge in [-0.2, -0.15) is 21.6 Å². The SMILES string of the molecule is Cc1ccc(OS(=O)(=O)C(F)(F)F)cc1.O=C(OCc1ccccc1)N1C[C@H]2CCN[C@H]2C1. The van der Waals surface area contributed by atoms with E-state index in [1.54, 1.807) is 6.92 Å². The molecule has 11 heteroatoms. The minimum atomic E-state index is -5.56. The molecule has 2 aromatic rings. The van der Waals surface area contributed by atoms with Crippen LogP contribution in [0.15, 0.2) is 54.6 Å². The summed E-state index contributed by atoms with van der Waals surface area (Å²) in [6, 6.07) is 15.5. The highest BCUT2D eigenvalue weighted by atomic mass is 32.2. The maximum atomic E-state index is 11.9. The second-order valence-electron chi connectivity index (χ2n) is 7.85. The van der Waals surface area contributed by atoms with Crippen LogP contribution in [0.5, 0.6) is 5.75 Å². The Morgan fingerprint density at radius 1 is 1.09 bits per heavy atom. The highest BCUT2D eigenvalue weighted by Crippen LogP contribution is 2.27. The molecule has 0 aromatic heterocycles. The Morgan fingerprint density at radius 2 is 1.76 bits per heavy atom. The van der Waals surface area contributed by atoms with Gasteiger partial charge in [0, 0.05) is 19.1 Å². The van der Waals surface area contributed by atoms with Gasteiger partial charge >= 0.3 is 21.7 Å². The summed E-state index contributed by atoms with van der Waals surface area (Å²) in [7, 11) is -5.56. The minimum absolute atomic E-state index is 0.185. The van der Waals surface area contributed by atoms with Gasteiger partial charge in [0.15, 0.2) is 0 Å². The predicted octanol–water partition coefficient (Wildman–Crippen LogP) is 3.84. The average molecular weight is 487 g/mol. The molecule has 0 saturated carbocycles. The van der Waals surface area contributed by atoms with Gasteiger partial charge in [0.1, 0.15) is 12.4 Å². The van der Waals surface area contributed by atoms with E-state index in [9.17, 15) is 26.4 Å². The second-order valence-corrected chi connectivity index (χ2v) is 9.39. The van der Waals surface area contributed by atoms with Crippen LogP contribution in [0.1, 0.15) is 17.5 Å². The predicted molar refractivity (Wildman–Crippen MR) is 115 cm³/mol. The summed E-state index contributed by atoms with van der Waals surface area (Å²) in [6.45, 7) is 4.78. The molecule has 33 heavy (non-hydrogen) atoms. The molecule has 2 aliphatic heterocycles. The highest BCUT2D eigenvalue weighted by molar-refractivity contribution is 7.88. The molecule has 0 spiro atoms. The van der Waals surface area contributed by atoms with Crippen molar-refractivity contribution in [3.05, 3.63) is 65.7 Å². The van der Waals surface area contributed by atoms with Crippen LogP contribution in [0.3, 0.4) is 0 Å². The van der Waals surface area contributed by atoms with E-state index >= 15 is 0 Å². The number of benzene rings is 2. The fraction of sp³-hybridized carbons (Fsp3) is 0.409. The number of nitrogens with one attached hydrogen (secondary N) is 1. The third-order valence-corrected chi connectivity index (χ3v) is 6.32. The molecule has 0 radical (unpaired) electrons. The molecule has 1 N–H and O–H groups in total. The van der Waals surface area contributed by atoms with Crippen LogP contribution in [0.2, 0.25) is 0 Å². The molecule has 0 unspecified atom stereocenters. The second kappa shape index (κ2) is 10.4. The summed E-state index contributed by atoms with van der Waals surface area (Å²) in [6.07, 6.45) is 0.989. The Bertz CT molecular complexity index is 1020. The number of halogens is 3. The molecule has 0 bridgehead atoms.